The van der Waals surface area contributed by atoms with E-state index in [1.54, 1.807) is 18.9 Å². The van der Waals surface area contributed by atoms with Crippen LogP contribution in [0.25, 0.3) is 0 Å². The van der Waals surface area contributed by atoms with Crippen LogP contribution in [-0.4, -0.2) is 66.2 Å². The van der Waals surface area contributed by atoms with E-state index in [1.165, 1.54) is 4.90 Å². The molecule has 0 aromatic heterocycles. The number of hydrogen-bond donors (Lipinski definition) is 2. The number of nitrogens with zero attached hydrogens (tertiary/aromatic N) is 2. The fourth-order valence-corrected chi connectivity index (χ4v) is 2.29. The Bertz CT molecular complexity index is 322. The largest absolute Gasteiger partial charge is 0.480 e. The van der Waals surface area contributed by atoms with Crippen molar-refractivity contribution in [2.45, 2.75) is 31.7 Å². The molecule has 104 valence electrons. The number of amides is 2. The van der Waals surface area contributed by atoms with Crippen LogP contribution in [-0.2, 0) is 4.79 Å². The molecular formula is C12H23N3O3. The standard InChI is InChI=1S/C12H23N3O3/c1-12(10(16)17)6-4-9-15(12)11(18)14(3)8-5-7-13-2/h13H,4-9H2,1-3H3,(H,16,17). The molecule has 0 aromatic rings. The lowest BCUT2D eigenvalue weighted by Crippen LogP contribution is -2.54. The highest BCUT2D eigenvalue weighted by Gasteiger charge is 2.46. The molecule has 0 bridgehead atoms. The first-order valence-corrected chi connectivity index (χ1v) is 6.34. The number of rotatable bonds is 5. The van der Waals surface area contributed by atoms with E-state index in [4.69, 9.17) is 0 Å². The fraction of sp³-hybridized carbons (Fsp3) is 0.833. The molecule has 2 N–H and O–H groups in total. The summed E-state index contributed by atoms with van der Waals surface area (Å²) in [7, 11) is 3.59. The van der Waals surface area contributed by atoms with E-state index in [9.17, 15) is 14.7 Å². The van der Waals surface area contributed by atoms with Crippen molar-refractivity contribution in [3.63, 3.8) is 0 Å². The molecule has 1 saturated heterocycles. The van der Waals surface area contributed by atoms with Crippen LogP contribution in [0.4, 0.5) is 4.79 Å². The first-order valence-electron chi connectivity index (χ1n) is 6.34. The van der Waals surface area contributed by atoms with Gasteiger partial charge in [0, 0.05) is 20.1 Å². The van der Waals surface area contributed by atoms with Crippen molar-refractivity contribution in [1.29, 1.82) is 0 Å². The van der Waals surface area contributed by atoms with Crippen molar-refractivity contribution in [1.82, 2.24) is 15.1 Å². The molecule has 1 aliphatic rings. The molecule has 6 heteroatoms. The van der Waals surface area contributed by atoms with Crippen LogP contribution in [0.15, 0.2) is 0 Å². The Morgan fingerprint density at radius 3 is 2.72 bits per heavy atom. The van der Waals surface area contributed by atoms with Gasteiger partial charge in [0.2, 0.25) is 0 Å². The van der Waals surface area contributed by atoms with Gasteiger partial charge < -0.3 is 20.2 Å². The molecule has 1 atom stereocenters. The maximum atomic E-state index is 12.2. The van der Waals surface area contributed by atoms with Crippen LogP contribution in [0.3, 0.4) is 0 Å². The van der Waals surface area contributed by atoms with Gasteiger partial charge in [0.15, 0.2) is 0 Å². The van der Waals surface area contributed by atoms with Crippen LogP contribution >= 0.6 is 0 Å². The molecule has 0 saturated carbocycles. The van der Waals surface area contributed by atoms with E-state index in [2.05, 4.69) is 5.32 Å². The van der Waals surface area contributed by atoms with E-state index < -0.39 is 11.5 Å². The minimum absolute atomic E-state index is 0.187. The number of carboxylic acid groups (broad SMARTS) is 1. The molecule has 2 amide bonds. The van der Waals surface area contributed by atoms with E-state index in [1.807, 2.05) is 7.05 Å². The highest BCUT2D eigenvalue weighted by atomic mass is 16.4. The van der Waals surface area contributed by atoms with E-state index >= 15 is 0 Å². The molecule has 1 unspecified atom stereocenters. The zero-order chi connectivity index (χ0) is 13.8. The summed E-state index contributed by atoms with van der Waals surface area (Å²) in [6, 6.07) is -0.187. The average molecular weight is 257 g/mol. The second kappa shape index (κ2) is 6.04. The predicted molar refractivity (Wildman–Crippen MR) is 68.6 cm³/mol. The average Bonchev–Trinajstić information content (AvgIpc) is 2.72. The Kier molecular flexibility index (Phi) is 4.95. The zero-order valence-corrected chi connectivity index (χ0v) is 11.4. The van der Waals surface area contributed by atoms with Crippen molar-refractivity contribution in [3.8, 4) is 0 Å². The molecule has 0 spiro atoms. The Morgan fingerprint density at radius 1 is 1.50 bits per heavy atom. The lowest BCUT2D eigenvalue weighted by Gasteiger charge is -2.34. The minimum Gasteiger partial charge on any atom is -0.480 e. The zero-order valence-electron chi connectivity index (χ0n) is 11.4. The lowest BCUT2D eigenvalue weighted by atomic mass is 10.00. The summed E-state index contributed by atoms with van der Waals surface area (Å²) in [5, 5.41) is 12.3. The first kappa shape index (κ1) is 14.8. The lowest BCUT2D eigenvalue weighted by molar-refractivity contribution is -0.147. The van der Waals surface area contributed by atoms with Gasteiger partial charge in [0.25, 0.3) is 0 Å². The van der Waals surface area contributed by atoms with Crippen LogP contribution in [0.5, 0.6) is 0 Å². The number of carbonyl (C=O) groups excluding carboxylic acids is 1. The Balaban J connectivity index is 2.62. The van der Waals surface area contributed by atoms with Crippen molar-refractivity contribution in [2.75, 3.05) is 33.7 Å². The second-order valence-corrected chi connectivity index (χ2v) is 5.00. The van der Waals surface area contributed by atoms with Crippen molar-refractivity contribution < 1.29 is 14.7 Å². The quantitative estimate of drug-likeness (QED) is 0.707. The minimum atomic E-state index is -1.05. The summed E-state index contributed by atoms with van der Waals surface area (Å²) in [4.78, 5) is 26.6. The van der Waals surface area contributed by atoms with Gasteiger partial charge in [-0.25, -0.2) is 9.59 Å². The normalized spacial score (nSPS) is 23.2. The van der Waals surface area contributed by atoms with Gasteiger partial charge in [-0.05, 0) is 39.8 Å². The third-order valence-corrected chi connectivity index (χ3v) is 3.58. The monoisotopic (exact) mass is 257 g/mol. The Hall–Kier alpha value is -1.30. The summed E-state index contributed by atoms with van der Waals surface area (Å²) >= 11 is 0. The van der Waals surface area contributed by atoms with Gasteiger partial charge in [0.1, 0.15) is 5.54 Å². The maximum absolute atomic E-state index is 12.2. The predicted octanol–water partition coefficient (Wildman–Crippen LogP) is 0.587. The van der Waals surface area contributed by atoms with Gasteiger partial charge >= 0.3 is 12.0 Å². The summed E-state index contributed by atoms with van der Waals surface area (Å²) in [6.07, 6.45) is 2.13. The smallest absolute Gasteiger partial charge is 0.329 e. The SMILES string of the molecule is CNCCCN(C)C(=O)N1CCCC1(C)C(=O)O. The van der Waals surface area contributed by atoms with E-state index in [-0.39, 0.29) is 6.03 Å². The van der Waals surface area contributed by atoms with Crippen LogP contribution in [0.1, 0.15) is 26.2 Å². The highest BCUT2D eigenvalue weighted by Crippen LogP contribution is 2.30. The summed E-state index contributed by atoms with van der Waals surface area (Å²) in [5.74, 6) is -0.919. The topological polar surface area (TPSA) is 72.9 Å². The Morgan fingerprint density at radius 2 is 2.17 bits per heavy atom. The number of carboxylic acids is 1. The molecule has 0 aromatic carbocycles. The number of aliphatic carboxylic acids is 1. The number of carbonyl (C=O) groups is 2. The number of likely N-dealkylation sites (tertiary alicyclic amines) is 1. The first-order chi connectivity index (χ1) is 8.43. The molecule has 1 fully saturated rings. The molecule has 0 radical (unpaired) electrons. The molecule has 6 nitrogen and oxygen atoms in total. The number of nitrogens with one attached hydrogen (secondary N) is 1. The Labute approximate surface area is 108 Å². The van der Waals surface area contributed by atoms with Gasteiger partial charge in [-0.3, -0.25) is 0 Å². The molecule has 1 rings (SSSR count). The second-order valence-electron chi connectivity index (χ2n) is 5.00. The highest BCUT2D eigenvalue weighted by molar-refractivity contribution is 5.86. The van der Waals surface area contributed by atoms with Gasteiger partial charge in [-0.1, -0.05) is 0 Å². The van der Waals surface area contributed by atoms with Gasteiger partial charge in [-0.2, -0.15) is 0 Å². The molecule has 0 aliphatic carbocycles. The molecule has 1 aliphatic heterocycles. The van der Waals surface area contributed by atoms with Gasteiger partial charge in [0.05, 0.1) is 0 Å². The maximum Gasteiger partial charge on any atom is 0.329 e. The van der Waals surface area contributed by atoms with Crippen molar-refractivity contribution >= 4 is 12.0 Å². The van der Waals surface area contributed by atoms with E-state index in [0.717, 1.165) is 19.4 Å². The summed E-state index contributed by atoms with van der Waals surface area (Å²) in [6.45, 7) is 3.62. The van der Waals surface area contributed by atoms with Crippen LogP contribution in [0.2, 0.25) is 0 Å². The van der Waals surface area contributed by atoms with Gasteiger partial charge in [-0.15, -0.1) is 0 Å². The van der Waals surface area contributed by atoms with Crippen molar-refractivity contribution in [3.05, 3.63) is 0 Å². The van der Waals surface area contributed by atoms with Crippen LogP contribution in [0, 0.1) is 0 Å². The summed E-state index contributed by atoms with van der Waals surface area (Å²) in [5.41, 5.74) is -1.05. The third-order valence-electron chi connectivity index (χ3n) is 3.58. The van der Waals surface area contributed by atoms with Crippen LogP contribution < -0.4 is 5.32 Å². The number of hydrogen-bond acceptors (Lipinski definition) is 3. The summed E-state index contributed by atoms with van der Waals surface area (Å²) < 4.78 is 0. The van der Waals surface area contributed by atoms with E-state index in [0.29, 0.717) is 19.5 Å². The molecule has 18 heavy (non-hydrogen) atoms. The third kappa shape index (κ3) is 2.93. The molecular weight excluding hydrogens is 234 g/mol. The number of urea groups is 1. The fourth-order valence-electron chi connectivity index (χ4n) is 2.29. The molecule has 1 heterocycles. The van der Waals surface area contributed by atoms with Crippen molar-refractivity contribution in [2.24, 2.45) is 0 Å².